The molecule has 176 valence electrons. The van der Waals surface area contributed by atoms with Crippen molar-refractivity contribution in [3.8, 4) is 22.7 Å². The Morgan fingerprint density at radius 1 is 0.833 bits per heavy atom. The van der Waals surface area contributed by atoms with Crippen molar-refractivity contribution in [2.45, 2.75) is 6.61 Å². The molecule has 0 amide bonds. The normalized spacial score (nSPS) is 11.0. The summed E-state index contributed by atoms with van der Waals surface area (Å²) in [5, 5.41) is 5.43. The zero-order chi connectivity index (χ0) is 24.7. The summed E-state index contributed by atoms with van der Waals surface area (Å²) in [4.78, 5) is 12.7. The van der Waals surface area contributed by atoms with Gasteiger partial charge >= 0.3 is 0 Å². The number of allylic oxidation sites excluding steroid dienone is 1. The molecule has 1 heterocycles. The molecule has 0 unspecified atom stereocenters. The molecule has 0 bridgehead atoms. The summed E-state index contributed by atoms with van der Waals surface area (Å²) in [7, 11) is 0. The number of nitrogens with zero attached hydrogens (tertiary/aromatic N) is 2. The molecule has 1 aromatic heterocycles. The molecule has 0 saturated carbocycles. The highest BCUT2D eigenvalue weighted by atomic mass is 35.5. The number of carbonyl (C=O) groups is 1. The van der Waals surface area contributed by atoms with Gasteiger partial charge in [0, 0.05) is 27.9 Å². The van der Waals surface area contributed by atoms with Gasteiger partial charge in [-0.15, -0.1) is 0 Å². The van der Waals surface area contributed by atoms with Crippen LogP contribution in [0, 0.1) is 0 Å². The molecule has 0 aliphatic carbocycles. The topological polar surface area (TPSA) is 44.1 Å². The van der Waals surface area contributed by atoms with E-state index in [-0.39, 0.29) is 5.78 Å². The maximum Gasteiger partial charge on any atom is 0.185 e. The van der Waals surface area contributed by atoms with Crippen molar-refractivity contribution in [2.24, 2.45) is 0 Å². The third-order valence-corrected chi connectivity index (χ3v) is 5.93. The molecule has 0 saturated heterocycles. The molecule has 0 fully saturated rings. The summed E-state index contributed by atoms with van der Waals surface area (Å²) < 4.78 is 7.75. The molecule has 0 aliphatic heterocycles. The molecule has 5 rings (SSSR count). The lowest BCUT2D eigenvalue weighted by molar-refractivity contribution is 0.104. The second-order valence-corrected chi connectivity index (χ2v) is 8.65. The largest absolute Gasteiger partial charge is 0.489 e. The molecule has 36 heavy (non-hydrogen) atoms. The average molecular weight is 491 g/mol. The Kier molecular flexibility index (Phi) is 7.06. The van der Waals surface area contributed by atoms with Gasteiger partial charge in [-0.05, 0) is 78.4 Å². The van der Waals surface area contributed by atoms with Gasteiger partial charge in [0.25, 0.3) is 0 Å². The minimum absolute atomic E-state index is 0.102. The van der Waals surface area contributed by atoms with Crippen molar-refractivity contribution in [1.29, 1.82) is 0 Å². The summed E-state index contributed by atoms with van der Waals surface area (Å²) in [6.45, 7) is 0.504. The predicted molar refractivity (Wildman–Crippen MR) is 145 cm³/mol. The number of ketones is 1. The second kappa shape index (κ2) is 10.9. The van der Waals surface area contributed by atoms with Crippen LogP contribution in [0.5, 0.6) is 5.75 Å². The standard InChI is InChI=1S/C31H23ClN2O2/c32-27-16-11-24(12-17-27)30(35)20-15-26-21-34(28-9-5-2-6-10-28)33-31(26)25-13-18-29(19-14-25)36-22-23-7-3-1-4-8-23/h1-21H,22H2/b20-15+. The van der Waals surface area contributed by atoms with Crippen LogP contribution in [0.25, 0.3) is 23.0 Å². The van der Waals surface area contributed by atoms with E-state index < -0.39 is 0 Å². The van der Waals surface area contributed by atoms with Gasteiger partial charge in [0.2, 0.25) is 0 Å². The lowest BCUT2D eigenvalue weighted by Crippen LogP contribution is -1.95. The molecule has 4 nitrogen and oxygen atoms in total. The molecule has 0 aliphatic rings. The second-order valence-electron chi connectivity index (χ2n) is 8.22. The first kappa shape index (κ1) is 23.3. The van der Waals surface area contributed by atoms with Gasteiger partial charge in [0.05, 0.1) is 11.4 Å². The van der Waals surface area contributed by atoms with Crippen LogP contribution in [0.4, 0.5) is 0 Å². The third-order valence-electron chi connectivity index (χ3n) is 5.68. The van der Waals surface area contributed by atoms with Gasteiger partial charge in [-0.3, -0.25) is 4.79 Å². The SMILES string of the molecule is O=C(/C=C/c1cn(-c2ccccc2)nc1-c1ccc(OCc2ccccc2)cc1)c1ccc(Cl)cc1. The fraction of sp³-hybridized carbons (Fsp3) is 0.0323. The molecular weight excluding hydrogens is 468 g/mol. The van der Waals surface area contributed by atoms with E-state index in [4.69, 9.17) is 21.4 Å². The highest BCUT2D eigenvalue weighted by molar-refractivity contribution is 6.30. The first-order chi connectivity index (χ1) is 17.7. The average Bonchev–Trinajstić information content (AvgIpc) is 3.37. The van der Waals surface area contributed by atoms with Crippen molar-refractivity contribution in [2.75, 3.05) is 0 Å². The summed E-state index contributed by atoms with van der Waals surface area (Å²) in [5.41, 5.74) is 5.15. The molecule has 0 radical (unpaired) electrons. The number of para-hydroxylation sites is 1. The Morgan fingerprint density at radius 2 is 1.50 bits per heavy atom. The zero-order valence-electron chi connectivity index (χ0n) is 19.4. The molecule has 5 heteroatoms. The number of benzene rings is 4. The van der Waals surface area contributed by atoms with Crippen LogP contribution in [0.1, 0.15) is 21.5 Å². The molecule has 5 aromatic rings. The van der Waals surface area contributed by atoms with E-state index in [1.807, 2.05) is 95.8 Å². The maximum absolute atomic E-state index is 12.7. The van der Waals surface area contributed by atoms with Crippen LogP contribution in [0.2, 0.25) is 5.02 Å². The van der Waals surface area contributed by atoms with E-state index in [0.717, 1.165) is 33.8 Å². The first-order valence-corrected chi connectivity index (χ1v) is 11.9. The predicted octanol–water partition coefficient (Wildman–Crippen LogP) is 7.67. The summed E-state index contributed by atoms with van der Waals surface area (Å²) in [5.74, 6) is 0.676. The van der Waals surface area contributed by atoms with Crippen LogP contribution in [0.3, 0.4) is 0 Å². The third kappa shape index (κ3) is 5.62. The first-order valence-electron chi connectivity index (χ1n) is 11.6. The van der Waals surface area contributed by atoms with E-state index in [1.54, 1.807) is 36.4 Å². The van der Waals surface area contributed by atoms with Gasteiger partial charge in [-0.1, -0.05) is 60.1 Å². The van der Waals surface area contributed by atoms with Crippen molar-refractivity contribution in [1.82, 2.24) is 9.78 Å². The fourth-order valence-electron chi connectivity index (χ4n) is 3.77. The van der Waals surface area contributed by atoms with E-state index in [2.05, 4.69) is 0 Å². The van der Waals surface area contributed by atoms with Crippen molar-refractivity contribution >= 4 is 23.5 Å². The number of hydrogen-bond acceptors (Lipinski definition) is 3. The van der Waals surface area contributed by atoms with Gasteiger partial charge in [0.15, 0.2) is 5.78 Å². The number of rotatable bonds is 8. The molecule has 0 atom stereocenters. The minimum atomic E-state index is -0.102. The lowest BCUT2D eigenvalue weighted by Gasteiger charge is -2.07. The van der Waals surface area contributed by atoms with Crippen LogP contribution in [-0.4, -0.2) is 15.6 Å². The number of ether oxygens (including phenoxy) is 1. The summed E-state index contributed by atoms with van der Waals surface area (Å²) in [6, 6.07) is 34.6. The fourth-order valence-corrected chi connectivity index (χ4v) is 3.90. The van der Waals surface area contributed by atoms with Gasteiger partial charge in [-0.25, -0.2) is 4.68 Å². The van der Waals surface area contributed by atoms with Crippen molar-refractivity contribution in [3.05, 3.63) is 143 Å². The zero-order valence-corrected chi connectivity index (χ0v) is 20.2. The Morgan fingerprint density at radius 3 is 2.19 bits per heavy atom. The molecular formula is C31H23ClN2O2. The number of hydrogen-bond donors (Lipinski definition) is 0. The Labute approximate surface area is 215 Å². The smallest absolute Gasteiger partial charge is 0.185 e. The monoisotopic (exact) mass is 490 g/mol. The van der Waals surface area contributed by atoms with E-state index in [0.29, 0.717) is 17.2 Å². The summed E-state index contributed by atoms with van der Waals surface area (Å²) >= 11 is 5.95. The van der Waals surface area contributed by atoms with E-state index in [1.165, 1.54) is 0 Å². The Bertz CT molecular complexity index is 1470. The lowest BCUT2D eigenvalue weighted by atomic mass is 10.1. The van der Waals surface area contributed by atoms with Crippen molar-refractivity contribution in [3.63, 3.8) is 0 Å². The van der Waals surface area contributed by atoms with E-state index in [9.17, 15) is 4.79 Å². The van der Waals surface area contributed by atoms with Gasteiger partial charge in [-0.2, -0.15) is 5.10 Å². The molecule has 4 aromatic carbocycles. The van der Waals surface area contributed by atoms with Crippen molar-refractivity contribution < 1.29 is 9.53 Å². The highest BCUT2D eigenvalue weighted by Gasteiger charge is 2.12. The van der Waals surface area contributed by atoms with Gasteiger partial charge < -0.3 is 4.74 Å². The Hall–Kier alpha value is -4.41. The number of halogens is 1. The van der Waals surface area contributed by atoms with Crippen LogP contribution < -0.4 is 4.74 Å². The van der Waals surface area contributed by atoms with E-state index >= 15 is 0 Å². The van der Waals surface area contributed by atoms with Crippen LogP contribution in [-0.2, 0) is 6.61 Å². The quantitative estimate of drug-likeness (QED) is 0.165. The summed E-state index contributed by atoms with van der Waals surface area (Å²) in [6.07, 6.45) is 5.30. The molecule has 0 spiro atoms. The minimum Gasteiger partial charge on any atom is -0.489 e. The van der Waals surface area contributed by atoms with Gasteiger partial charge in [0.1, 0.15) is 12.4 Å². The van der Waals surface area contributed by atoms with Crippen LogP contribution in [0.15, 0.2) is 121 Å². The van der Waals surface area contributed by atoms with Crippen LogP contribution >= 0.6 is 11.6 Å². The Balaban J connectivity index is 1.42. The molecule has 0 N–H and O–H groups in total. The number of aromatic nitrogens is 2. The number of carbonyl (C=O) groups excluding carboxylic acids is 1. The maximum atomic E-state index is 12.7. The highest BCUT2D eigenvalue weighted by Crippen LogP contribution is 2.27.